The van der Waals surface area contributed by atoms with Crippen molar-refractivity contribution in [1.82, 2.24) is 15.0 Å². The van der Waals surface area contributed by atoms with Gasteiger partial charge in [0.1, 0.15) is 29.0 Å². The van der Waals surface area contributed by atoms with E-state index in [1.807, 2.05) is 6.92 Å². The van der Waals surface area contributed by atoms with E-state index in [9.17, 15) is 23.1 Å². The number of aliphatic hydroxyl groups excluding tert-OH is 1. The van der Waals surface area contributed by atoms with Crippen molar-refractivity contribution in [3.05, 3.63) is 59.5 Å². The van der Waals surface area contributed by atoms with Crippen LogP contribution in [0.2, 0.25) is 0 Å². The predicted octanol–water partition coefficient (Wildman–Crippen LogP) is 3.48. The van der Waals surface area contributed by atoms with Crippen LogP contribution in [-0.4, -0.2) is 86.4 Å². The van der Waals surface area contributed by atoms with Crippen molar-refractivity contribution in [2.24, 2.45) is 5.92 Å². The van der Waals surface area contributed by atoms with Gasteiger partial charge in [0.05, 0.1) is 36.8 Å². The molecule has 232 valence electrons. The van der Waals surface area contributed by atoms with E-state index in [1.165, 1.54) is 59.4 Å². The van der Waals surface area contributed by atoms with Gasteiger partial charge in [0.15, 0.2) is 5.76 Å². The molecule has 1 aliphatic rings. The van der Waals surface area contributed by atoms with Gasteiger partial charge >= 0.3 is 6.03 Å². The van der Waals surface area contributed by atoms with E-state index < -0.39 is 34.1 Å². The molecular weight excluding hydrogens is 578 g/mol. The number of likely N-dealkylation sites (N-methyl/N-ethyl adjacent to an activating group) is 1. The third-order valence-corrected chi connectivity index (χ3v) is 8.75. The van der Waals surface area contributed by atoms with Gasteiger partial charge in [-0.2, -0.15) is 0 Å². The van der Waals surface area contributed by atoms with E-state index >= 15 is 0 Å². The monoisotopic (exact) mass is 615 g/mol. The number of hydrogen-bond donors (Lipinski definition) is 3. The predicted molar refractivity (Wildman–Crippen MR) is 159 cm³/mol. The Balaban J connectivity index is 1.62. The van der Waals surface area contributed by atoms with Crippen LogP contribution >= 0.6 is 0 Å². The minimum atomic E-state index is -3.98. The van der Waals surface area contributed by atoms with Gasteiger partial charge in [0.2, 0.25) is 0 Å². The topological polar surface area (TPSA) is 164 Å². The third kappa shape index (κ3) is 7.03. The quantitative estimate of drug-likeness (QED) is 0.327. The lowest BCUT2D eigenvalue weighted by Crippen LogP contribution is -2.50. The Morgan fingerprint density at radius 3 is 2.53 bits per heavy atom. The van der Waals surface area contributed by atoms with Crippen LogP contribution in [0.4, 0.5) is 16.2 Å². The molecule has 0 aliphatic carbocycles. The molecule has 0 radical (unpaired) electrons. The van der Waals surface area contributed by atoms with Crippen LogP contribution in [0.15, 0.2) is 51.9 Å². The van der Waals surface area contributed by atoms with Crippen LogP contribution in [0.5, 0.6) is 11.5 Å². The highest BCUT2D eigenvalue weighted by Gasteiger charge is 2.34. The number of carbonyl (C=O) groups is 2. The van der Waals surface area contributed by atoms with Crippen LogP contribution in [0.25, 0.3) is 0 Å². The number of hydrogen-bond acceptors (Lipinski definition) is 9. The lowest BCUT2D eigenvalue weighted by molar-refractivity contribution is 0.0371. The number of sulfonamides is 1. The average molecular weight is 616 g/mol. The molecule has 2 aromatic carbocycles. The Morgan fingerprint density at radius 1 is 1.23 bits per heavy atom. The minimum Gasteiger partial charge on any atom is -0.497 e. The molecule has 1 aromatic heterocycles. The average Bonchev–Trinajstić information content (AvgIpc) is 3.30. The van der Waals surface area contributed by atoms with E-state index in [1.54, 1.807) is 27.8 Å². The number of methoxy groups -OCH3 is 1. The maximum atomic E-state index is 13.7. The summed E-state index contributed by atoms with van der Waals surface area (Å²) in [4.78, 5) is 29.8. The van der Waals surface area contributed by atoms with Gasteiger partial charge in [-0.1, -0.05) is 12.1 Å². The van der Waals surface area contributed by atoms with Gasteiger partial charge < -0.3 is 34.2 Å². The normalized spacial score (nSPS) is 17.7. The summed E-state index contributed by atoms with van der Waals surface area (Å²) in [6.45, 7) is 7.17. The zero-order valence-corrected chi connectivity index (χ0v) is 25.8. The van der Waals surface area contributed by atoms with E-state index in [4.69, 9.17) is 14.0 Å². The fourth-order valence-electron chi connectivity index (χ4n) is 4.69. The Labute approximate surface area is 250 Å². The minimum absolute atomic E-state index is 0.0185. The van der Waals surface area contributed by atoms with Crippen LogP contribution in [0, 0.1) is 19.8 Å². The van der Waals surface area contributed by atoms with E-state index in [0.717, 1.165) is 0 Å². The first-order chi connectivity index (χ1) is 20.3. The number of nitrogens with one attached hydrogen (secondary N) is 2. The lowest BCUT2D eigenvalue weighted by Gasteiger charge is -2.38. The summed E-state index contributed by atoms with van der Waals surface area (Å²) < 4.78 is 45.2. The molecule has 0 fully saturated rings. The Morgan fingerprint density at radius 2 is 1.93 bits per heavy atom. The Bertz CT molecular complexity index is 1550. The number of aromatic nitrogens is 1. The van der Waals surface area contributed by atoms with Crippen LogP contribution in [0.3, 0.4) is 0 Å². The number of anilines is 2. The van der Waals surface area contributed by atoms with Gasteiger partial charge in [-0.15, -0.1) is 0 Å². The molecule has 3 amide bonds. The number of fused-ring (bicyclic) bond motifs is 1. The van der Waals surface area contributed by atoms with Crippen molar-refractivity contribution in [2.45, 2.75) is 44.7 Å². The molecule has 13 nitrogen and oxygen atoms in total. The third-order valence-electron chi connectivity index (χ3n) is 7.35. The molecule has 0 spiro atoms. The van der Waals surface area contributed by atoms with E-state index in [0.29, 0.717) is 22.9 Å². The van der Waals surface area contributed by atoms with Gasteiger partial charge in [-0.3, -0.25) is 9.52 Å². The molecule has 1 aliphatic heterocycles. The largest absolute Gasteiger partial charge is 0.497 e. The summed E-state index contributed by atoms with van der Waals surface area (Å²) in [5, 5.41) is 16.6. The number of nitrogens with zero attached hydrogens (tertiary/aromatic N) is 3. The second kappa shape index (κ2) is 12.9. The Kier molecular flexibility index (Phi) is 9.50. The number of benzene rings is 2. The summed E-state index contributed by atoms with van der Waals surface area (Å²) >= 11 is 0. The first kappa shape index (κ1) is 31.6. The zero-order valence-electron chi connectivity index (χ0n) is 24.9. The highest BCUT2D eigenvalue weighted by Crippen LogP contribution is 2.32. The molecule has 0 unspecified atom stereocenters. The van der Waals surface area contributed by atoms with Crippen molar-refractivity contribution in [3.63, 3.8) is 0 Å². The molecule has 0 saturated carbocycles. The van der Waals surface area contributed by atoms with Crippen LogP contribution in [0.1, 0.15) is 35.7 Å². The van der Waals surface area contributed by atoms with Gasteiger partial charge in [0, 0.05) is 25.2 Å². The lowest BCUT2D eigenvalue weighted by atomic mass is 9.99. The molecule has 0 bridgehead atoms. The number of ether oxygens (including phenoxy) is 2. The van der Waals surface area contributed by atoms with Crippen LogP contribution in [-0.2, 0) is 10.0 Å². The summed E-state index contributed by atoms with van der Waals surface area (Å²) in [5.74, 6) is 0.556. The molecule has 43 heavy (non-hydrogen) atoms. The summed E-state index contributed by atoms with van der Waals surface area (Å²) in [5.41, 5.74) is 1.32. The van der Waals surface area contributed by atoms with Gasteiger partial charge in [0.25, 0.3) is 15.9 Å². The van der Waals surface area contributed by atoms with E-state index in [-0.39, 0.29) is 47.5 Å². The fourth-order valence-corrected chi connectivity index (χ4v) is 5.74. The first-order valence-corrected chi connectivity index (χ1v) is 15.2. The van der Waals surface area contributed by atoms with Crippen molar-refractivity contribution in [1.29, 1.82) is 0 Å². The standard InChI is InChI=1S/C29H37N5O8S/c1-17-14-34(18(2)16-35)28(36)24-13-21(32-43(38,39)23-10-8-22(40-6)9-11-23)7-12-25(24)41-26(17)15-33(5)29(37)30-27-19(3)31-42-20(27)4/h7-13,17-18,26,32,35H,14-16H2,1-6H3,(H,30,37)/t17-,18-,26+/m1/s1. The molecule has 0 saturated heterocycles. The summed E-state index contributed by atoms with van der Waals surface area (Å²) in [7, 11) is -0.870. The molecular formula is C29H37N5O8S. The second-order valence-corrected chi connectivity index (χ2v) is 12.3. The highest BCUT2D eigenvalue weighted by molar-refractivity contribution is 7.92. The first-order valence-electron chi connectivity index (χ1n) is 13.7. The molecule has 2 heterocycles. The van der Waals surface area contributed by atoms with E-state index in [2.05, 4.69) is 15.2 Å². The fraction of sp³-hybridized carbons (Fsp3) is 0.414. The molecule has 4 rings (SSSR count). The van der Waals surface area contributed by atoms with Crippen LogP contribution < -0.4 is 19.5 Å². The van der Waals surface area contributed by atoms with Gasteiger partial charge in [-0.05, 0) is 63.2 Å². The molecule has 14 heteroatoms. The van der Waals surface area contributed by atoms with Crippen molar-refractivity contribution < 1.29 is 37.1 Å². The summed E-state index contributed by atoms with van der Waals surface area (Å²) in [6, 6.07) is 9.42. The second-order valence-electron chi connectivity index (χ2n) is 10.6. The maximum absolute atomic E-state index is 13.7. The number of rotatable bonds is 9. The molecule has 3 aromatic rings. The number of urea groups is 1. The maximum Gasteiger partial charge on any atom is 0.321 e. The summed E-state index contributed by atoms with van der Waals surface area (Å²) in [6.07, 6.45) is -0.553. The zero-order chi connectivity index (χ0) is 31.5. The van der Waals surface area contributed by atoms with Crippen molar-refractivity contribution >= 4 is 33.3 Å². The SMILES string of the molecule is COc1ccc(S(=O)(=O)Nc2ccc3c(c2)C(=O)N([C@H](C)CO)C[C@@H](C)[C@H](CN(C)C(=O)Nc2c(C)noc2C)O3)cc1. The number of aryl methyl sites for hydroxylation is 2. The number of aliphatic hydroxyl groups is 1. The molecule has 3 atom stereocenters. The number of carbonyl (C=O) groups excluding carboxylic acids is 2. The Hall–Kier alpha value is -4.30. The molecule has 3 N–H and O–H groups in total. The van der Waals surface area contributed by atoms with Gasteiger partial charge in [-0.25, -0.2) is 13.2 Å². The van der Waals surface area contributed by atoms with Crippen molar-refractivity contribution in [3.8, 4) is 11.5 Å². The number of amides is 3. The smallest absolute Gasteiger partial charge is 0.321 e. The highest BCUT2D eigenvalue weighted by atomic mass is 32.2. The van der Waals surface area contributed by atoms with Crippen molar-refractivity contribution in [2.75, 3.05) is 43.9 Å².